The van der Waals surface area contributed by atoms with Gasteiger partial charge < -0.3 is 5.11 Å². The molecule has 142 valence electrons. The summed E-state index contributed by atoms with van der Waals surface area (Å²) in [6.07, 6.45) is 0. The minimum Gasteiger partial charge on any atom is -0.392 e. The number of benzene rings is 2. The van der Waals surface area contributed by atoms with Gasteiger partial charge in [-0.3, -0.25) is 14.5 Å². The Balaban J connectivity index is 1.40. The third-order valence-electron chi connectivity index (χ3n) is 5.42. The van der Waals surface area contributed by atoms with Crippen LogP contribution in [0.15, 0.2) is 42.5 Å². The van der Waals surface area contributed by atoms with E-state index in [1.807, 2.05) is 42.1 Å². The van der Waals surface area contributed by atoms with Crippen LogP contribution in [0, 0.1) is 0 Å². The van der Waals surface area contributed by atoms with Crippen LogP contribution < -0.4 is 0 Å². The molecule has 0 radical (unpaired) electrons. The average molecular weight is 385 g/mol. The van der Waals surface area contributed by atoms with Crippen LogP contribution in [0.25, 0.3) is 10.9 Å². The molecule has 4 rings (SSSR count). The minimum absolute atomic E-state index is 0.101. The first-order valence-corrected chi connectivity index (χ1v) is 9.76. The maximum atomic E-state index is 9.52. The Morgan fingerprint density at radius 2 is 1.59 bits per heavy atom. The van der Waals surface area contributed by atoms with Crippen LogP contribution in [0.1, 0.15) is 16.8 Å². The number of aliphatic hydroxyl groups is 1. The monoisotopic (exact) mass is 384 g/mol. The smallest absolute Gasteiger partial charge is 0.0858 e. The Kier molecular flexibility index (Phi) is 5.45. The average Bonchev–Trinajstić information content (AvgIpc) is 3.00. The Morgan fingerprint density at radius 3 is 2.30 bits per heavy atom. The Hall–Kier alpha value is -1.92. The number of halogens is 1. The molecule has 2 heterocycles. The van der Waals surface area contributed by atoms with Gasteiger partial charge in [0.2, 0.25) is 0 Å². The van der Waals surface area contributed by atoms with E-state index in [2.05, 4.69) is 21.9 Å². The molecule has 6 heteroatoms. The summed E-state index contributed by atoms with van der Waals surface area (Å²) in [4.78, 5) is 4.90. The highest BCUT2D eigenvalue weighted by Crippen LogP contribution is 2.27. The molecule has 0 spiro atoms. The normalized spacial score (nSPS) is 16.3. The Labute approximate surface area is 164 Å². The number of nitrogens with zero attached hydrogens (tertiary/aromatic N) is 4. The van der Waals surface area contributed by atoms with Gasteiger partial charge in [-0.05, 0) is 23.3 Å². The molecule has 1 saturated heterocycles. The van der Waals surface area contributed by atoms with E-state index in [1.165, 1.54) is 5.56 Å². The molecule has 3 aromatic rings. The summed E-state index contributed by atoms with van der Waals surface area (Å²) in [7, 11) is 1.97. The van der Waals surface area contributed by atoms with E-state index in [-0.39, 0.29) is 6.61 Å². The highest BCUT2D eigenvalue weighted by atomic mass is 35.5. The molecule has 5 nitrogen and oxygen atoms in total. The van der Waals surface area contributed by atoms with Crippen LogP contribution >= 0.6 is 11.6 Å². The van der Waals surface area contributed by atoms with E-state index in [9.17, 15) is 5.11 Å². The van der Waals surface area contributed by atoms with Gasteiger partial charge in [0.1, 0.15) is 0 Å². The van der Waals surface area contributed by atoms with Gasteiger partial charge in [0.25, 0.3) is 0 Å². The molecular weight excluding hydrogens is 360 g/mol. The third kappa shape index (κ3) is 3.87. The standard InChI is InChI=1S/C21H25ClN4O/c1-24-20-8-4-7-18(22)21(20)19(23-24)14-26-11-9-25(10-12-26)13-16-5-2-3-6-17(16)15-27/h2-8,27H,9-15H2,1H3. The van der Waals surface area contributed by atoms with Crippen molar-refractivity contribution in [2.45, 2.75) is 19.7 Å². The predicted octanol–water partition coefficient (Wildman–Crippen LogP) is 3.04. The SMILES string of the molecule is Cn1nc(CN2CCN(Cc3ccccc3CO)CC2)c2c(Cl)cccc21. The Bertz CT molecular complexity index is 931. The molecule has 0 saturated carbocycles. The highest BCUT2D eigenvalue weighted by Gasteiger charge is 2.20. The molecule has 0 unspecified atom stereocenters. The summed E-state index contributed by atoms with van der Waals surface area (Å²) in [5.74, 6) is 0. The number of hydrogen-bond donors (Lipinski definition) is 1. The molecule has 1 N–H and O–H groups in total. The summed E-state index contributed by atoms with van der Waals surface area (Å²) >= 11 is 6.43. The van der Waals surface area contributed by atoms with Crippen molar-refractivity contribution in [2.75, 3.05) is 26.2 Å². The van der Waals surface area contributed by atoms with Gasteiger partial charge in [0, 0.05) is 51.7 Å². The zero-order chi connectivity index (χ0) is 18.8. The number of rotatable bonds is 5. The van der Waals surface area contributed by atoms with Crippen molar-refractivity contribution in [3.8, 4) is 0 Å². The fourth-order valence-corrected chi connectivity index (χ4v) is 4.17. The van der Waals surface area contributed by atoms with Crippen LogP contribution in [-0.2, 0) is 26.7 Å². The van der Waals surface area contributed by atoms with E-state index in [4.69, 9.17) is 16.7 Å². The molecule has 0 amide bonds. The third-order valence-corrected chi connectivity index (χ3v) is 5.74. The molecule has 0 atom stereocenters. The van der Waals surface area contributed by atoms with Gasteiger partial charge in [-0.15, -0.1) is 0 Å². The number of aryl methyl sites for hydroxylation is 1. The van der Waals surface area contributed by atoms with Crippen molar-refractivity contribution in [3.63, 3.8) is 0 Å². The lowest BCUT2D eigenvalue weighted by Crippen LogP contribution is -2.45. The molecule has 27 heavy (non-hydrogen) atoms. The van der Waals surface area contributed by atoms with E-state index >= 15 is 0 Å². The van der Waals surface area contributed by atoms with Crippen LogP contribution in [0.4, 0.5) is 0 Å². The van der Waals surface area contributed by atoms with Crippen molar-refractivity contribution >= 4 is 22.5 Å². The van der Waals surface area contributed by atoms with E-state index in [1.54, 1.807) is 0 Å². The molecule has 1 aliphatic heterocycles. The molecular formula is C21H25ClN4O. The van der Waals surface area contributed by atoms with E-state index in [0.29, 0.717) is 0 Å². The van der Waals surface area contributed by atoms with Crippen LogP contribution in [-0.4, -0.2) is 50.9 Å². The lowest BCUT2D eigenvalue weighted by molar-refractivity contribution is 0.120. The van der Waals surface area contributed by atoms with Crippen molar-refractivity contribution in [2.24, 2.45) is 7.05 Å². The second kappa shape index (κ2) is 7.98. The fourth-order valence-electron chi connectivity index (χ4n) is 3.89. The summed E-state index contributed by atoms with van der Waals surface area (Å²) in [6.45, 7) is 5.85. The first kappa shape index (κ1) is 18.4. The molecule has 1 aliphatic rings. The number of aromatic nitrogens is 2. The summed E-state index contributed by atoms with van der Waals surface area (Å²) < 4.78 is 1.92. The summed E-state index contributed by atoms with van der Waals surface area (Å²) in [5.41, 5.74) is 4.37. The topological polar surface area (TPSA) is 44.5 Å². The fraction of sp³-hybridized carbons (Fsp3) is 0.381. The van der Waals surface area contributed by atoms with E-state index < -0.39 is 0 Å². The molecule has 0 aliphatic carbocycles. The zero-order valence-corrected chi connectivity index (χ0v) is 16.4. The largest absolute Gasteiger partial charge is 0.392 e. The second-order valence-electron chi connectivity index (χ2n) is 7.18. The predicted molar refractivity (Wildman–Crippen MR) is 109 cm³/mol. The highest BCUT2D eigenvalue weighted by molar-refractivity contribution is 6.35. The van der Waals surface area contributed by atoms with Gasteiger partial charge in [-0.2, -0.15) is 5.10 Å². The first-order valence-electron chi connectivity index (χ1n) is 9.38. The second-order valence-corrected chi connectivity index (χ2v) is 7.59. The lowest BCUT2D eigenvalue weighted by atomic mass is 10.1. The Morgan fingerprint density at radius 1 is 0.926 bits per heavy atom. The minimum atomic E-state index is 0.101. The quantitative estimate of drug-likeness (QED) is 0.734. The molecule has 2 aromatic carbocycles. The van der Waals surface area contributed by atoms with Crippen molar-refractivity contribution in [1.29, 1.82) is 0 Å². The number of hydrogen-bond acceptors (Lipinski definition) is 4. The van der Waals surface area contributed by atoms with Crippen molar-refractivity contribution in [1.82, 2.24) is 19.6 Å². The van der Waals surface area contributed by atoms with Gasteiger partial charge >= 0.3 is 0 Å². The zero-order valence-electron chi connectivity index (χ0n) is 15.6. The van der Waals surface area contributed by atoms with Crippen LogP contribution in [0.5, 0.6) is 0 Å². The number of aliphatic hydroxyl groups excluding tert-OH is 1. The molecule has 1 fully saturated rings. The van der Waals surface area contributed by atoms with Crippen molar-refractivity contribution < 1.29 is 5.11 Å². The van der Waals surface area contributed by atoms with Crippen LogP contribution in [0.3, 0.4) is 0 Å². The van der Waals surface area contributed by atoms with Gasteiger partial charge in [-0.1, -0.05) is 41.9 Å². The van der Waals surface area contributed by atoms with Gasteiger partial charge in [0.05, 0.1) is 22.8 Å². The number of piperazine rings is 1. The van der Waals surface area contributed by atoms with Crippen molar-refractivity contribution in [3.05, 3.63) is 64.3 Å². The number of fused-ring (bicyclic) bond motifs is 1. The maximum absolute atomic E-state index is 9.52. The molecule has 0 bridgehead atoms. The van der Waals surface area contributed by atoms with Gasteiger partial charge in [-0.25, -0.2) is 0 Å². The van der Waals surface area contributed by atoms with Crippen LogP contribution in [0.2, 0.25) is 5.02 Å². The lowest BCUT2D eigenvalue weighted by Gasteiger charge is -2.34. The molecule has 1 aromatic heterocycles. The first-order chi connectivity index (χ1) is 13.2. The van der Waals surface area contributed by atoms with Gasteiger partial charge in [0.15, 0.2) is 0 Å². The maximum Gasteiger partial charge on any atom is 0.0858 e. The summed E-state index contributed by atoms with van der Waals surface area (Å²) in [5, 5.41) is 16.1. The van der Waals surface area contributed by atoms with E-state index in [0.717, 1.165) is 66.5 Å². The summed E-state index contributed by atoms with van der Waals surface area (Å²) in [6, 6.07) is 14.1.